The molecule has 3 aromatic rings. The molecule has 0 bridgehead atoms. The lowest BCUT2D eigenvalue weighted by Gasteiger charge is -2.12. The first-order chi connectivity index (χ1) is 12.6. The van der Waals surface area contributed by atoms with Crippen LogP contribution in [-0.2, 0) is 13.5 Å². The Morgan fingerprint density at radius 3 is 2.35 bits per heavy atom. The molecule has 132 valence electrons. The van der Waals surface area contributed by atoms with Crippen molar-refractivity contribution in [3.05, 3.63) is 89.7 Å². The van der Waals surface area contributed by atoms with E-state index in [2.05, 4.69) is 10.6 Å². The van der Waals surface area contributed by atoms with Crippen molar-refractivity contribution in [3.63, 3.8) is 0 Å². The summed E-state index contributed by atoms with van der Waals surface area (Å²) in [7, 11) is 1.80. The second kappa shape index (κ2) is 8.16. The van der Waals surface area contributed by atoms with Gasteiger partial charge < -0.3 is 15.2 Å². The van der Waals surface area contributed by atoms with Crippen molar-refractivity contribution in [3.8, 4) is 0 Å². The molecule has 1 aromatic heterocycles. The van der Waals surface area contributed by atoms with Gasteiger partial charge in [0.15, 0.2) is 0 Å². The molecule has 2 aromatic carbocycles. The lowest BCUT2D eigenvalue weighted by Crippen LogP contribution is -2.27. The second-order valence-electron chi connectivity index (χ2n) is 6.00. The molecule has 0 saturated heterocycles. The van der Waals surface area contributed by atoms with Crippen molar-refractivity contribution in [1.29, 1.82) is 0 Å². The molecule has 0 atom stereocenters. The summed E-state index contributed by atoms with van der Waals surface area (Å²) in [4.78, 5) is 24.9. The van der Waals surface area contributed by atoms with Crippen LogP contribution in [0.15, 0.2) is 72.9 Å². The number of nitrogens with zero attached hydrogens (tertiary/aromatic N) is 1. The van der Waals surface area contributed by atoms with Crippen molar-refractivity contribution in [2.45, 2.75) is 6.42 Å². The summed E-state index contributed by atoms with van der Waals surface area (Å²) in [5, 5.41) is 5.73. The van der Waals surface area contributed by atoms with Crippen molar-refractivity contribution >= 4 is 17.5 Å². The van der Waals surface area contributed by atoms with Gasteiger partial charge >= 0.3 is 0 Å². The van der Waals surface area contributed by atoms with Crippen LogP contribution < -0.4 is 10.6 Å². The number of carbonyl (C=O) groups excluding carboxylic acids is 2. The number of para-hydroxylation sites is 1. The average molecular weight is 347 g/mol. The number of aryl methyl sites for hydroxylation is 1. The van der Waals surface area contributed by atoms with Gasteiger partial charge in [-0.05, 0) is 36.2 Å². The predicted molar refractivity (Wildman–Crippen MR) is 102 cm³/mol. The van der Waals surface area contributed by atoms with E-state index in [0.29, 0.717) is 23.5 Å². The van der Waals surface area contributed by atoms with Crippen LogP contribution in [0.25, 0.3) is 0 Å². The van der Waals surface area contributed by atoms with E-state index in [1.807, 2.05) is 30.3 Å². The molecule has 0 radical (unpaired) electrons. The second-order valence-corrected chi connectivity index (χ2v) is 6.00. The molecule has 26 heavy (non-hydrogen) atoms. The van der Waals surface area contributed by atoms with Crippen molar-refractivity contribution in [1.82, 2.24) is 9.88 Å². The van der Waals surface area contributed by atoms with E-state index in [9.17, 15) is 9.59 Å². The monoisotopic (exact) mass is 347 g/mol. The molecule has 0 spiro atoms. The van der Waals surface area contributed by atoms with E-state index >= 15 is 0 Å². The predicted octanol–water partition coefficient (Wildman–Crippen LogP) is 3.25. The van der Waals surface area contributed by atoms with Gasteiger partial charge in [-0.1, -0.05) is 42.5 Å². The fourth-order valence-corrected chi connectivity index (χ4v) is 2.73. The molecule has 0 aliphatic heterocycles. The number of amides is 2. The molecular formula is C21H21N3O2. The standard InChI is InChI=1S/C21H21N3O2/c1-24-15-7-12-19(24)21(26)23-18-11-6-5-10-17(18)20(25)22-14-13-16-8-3-2-4-9-16/h2-12,15H,13-14H2,1H3,(H,22,25)(H,23,26). The summed E-state index contributed by atoms with van der Waals surface area (Å²) < 4.78 is 1.73. The van der Waals surface area contributed by atoms with Gasteiger partial charge in [0.1, 0.15) is 5.69 Å². The van der Waals surface area contributed by atoms with E-state index in [0.717, 1.165) is 12.0 Å². The molecule has 3 rings (SSSR count). The summed E-state index contributed by atoms with van der Waals surface area (Å²) in [6.45, 7) is 0.531. The third kappa shape index (κ3) is 4.19. The van der Waals surface area contributed by atoms with Gasteiger partial charge in [0.25, 0.3) is 11.8 Å². The minimum absolute atomic E-state index is 0.205. The molecule has 0 unspecified atom stereocenters. The first-order valence-corrected chi connectivity index (χ1v) is 8.49. The summed E-state index contributed by atoms with van der Waals surface area (Å²) in [5.41, 5.74) is 2.64. The number of benzene rings is 2. The Labute approximate surface area is 152 Å². The van der Waals surface area contributed by atoms with Gasteiger partial charge in [-0.25, -0.2) is 0 Å². The third-order valence-electron chi connectivity index (χ3n) is 4.14. The number of hydrogen-bond donors (Lipinski definition) is 2. The molecule has 0 aliphatic rings. The molecule has 0 fully saturated rings. The van der Waals surface area contributed by atoms with Crippen molar-refractivity contribution < 1.29 is 9.59 Å². The van der Waals surface area contributed by atoms with E-state index < -0.39 is 0 Å². The van der Waals surface area contributed by atoms with Gasteiger partial charge in [0.2, 0.25) is 0 Å². The molecule has 2 amide bonds. The smallest absolute Gasteiger partial charge is 0.272 e. The Hall–Kier alpha value is -3.34. The molecule has 0 aliphatic carbocycles. The number of hydrogen-bond acceptors (Lipinski definition) is 2. The first-order valence-electron chi connectivity index (χ1n) is 8.49. The summed E-state index contributed by atoms with van der Waals surface area (Å²) in [5.74, 6) is -0.453. The molecule has 2 N–H and O–H groups in total. The largest absolute Gasteiger partial charge is 0.352 e. The van der Waals surface area contributed by atoms with Crippen LogP contribution in [-0.4, -0.2) is 22.9 Å². The van der Waals surface area contributed by atoms with Crippen LogP contribution in [0, 0.1) is 0 Å². The van der Waals surface area contributed by atoms with Gasteiger partial charge in [-0.3, -0.25) is 9.59 Å². The number of anilines is 1. The van der Waals surface area contributed by atoms with E-state index in [1.165, 1.54) is 0 Å². The van der Waals surface area contributed by atoms with Gasteiger partial charge in [-0.15, -0.1) is 0 Å². The lowest BCUT2D eigenvalue weighted by atomic mass is 10.1. The molecular weight excluding hydrogens is 326 g/mol. The Balaban J connectivity index is 1.65. The zero-order chi connectivity index (χ0) is 18.4. The summed E-state index contributed by atoms with van der Waals surface area (Å²) in [6, 6.07) is 20.5. The van der Waals surface area contributed by atoms with Crippen molar-refractivity contribution in [2.24, 2.45) is 7.05 Å². The third-order valence-corrected chi connectivity index (χ3v) is 4.14. The maximum atomic E-state index is 12.5. The normalized spacial score (nSPS) is 10.3. The zero-order valence-electron chi connectivity index (χ0n) is 14.6. The zero-order valence-corrected chi connectivity index (χ0v) is 14.6. The van der Waals surface area contributed by atoms with Crippen LogP contribution in [0.4, 0.5) is 5.69 Å². The highest BCUT2D eigenvalue weighted by molar-refractivity contribution is 6.08. The highest BCUT2D eigenvalue weighted by atomic mass is 16.2. The van der Waals surface area contributed by atoms with Crippen LogP contribution in [0.3, 0.4) is 0 Å². The Morgan fingerprint density at radius 2 is 1.62 bits per heavy atom. The van der Waals surface area contributed by atoms with Crippen LogP contribution in [0.5, 0.6) is 0 Å². The number of carbonyl (C=O) groups is 2. The topological polar surface area (TPSA) is 63.1 Å². The molecule has 1 heterocycles. The fourth-order valence-electron chi connectivity index (χ4n) is 2.73. The van der Waals surface area contributed by atoms with Gasteiger partial charge in [-0.2, -0.15) is 0 Å². The highest BCUT2D eigenvalue weighted by Crippen LogP contribution is 2.16. The van der Waals surface area contributed by atoms with Gasteiger partial charge in [0.05, 0.1) is 11.3 Å². The summed E-state index contributed by atoms with van der Waals surface area (Å²) >= 11 is 0. The van der Waals surface area contributed by atoms with Gasteiger partial charge in [0, 0.05) is 19.8 Å². The van der Waals surface area contributed by atoms with Crippen molar-refractivity contribution in [2.75, 3.05) is 11.9 Å². The van der Waals surface area contributed by atoms with E-state index in [-0.39, 0.29) is 11.8 Å². The van der Waals surface area contributed by atoms with E-state index in [4.69, 9.17) is 0 Å². The minimum atomic E-state index is -0.248. The van der Waals surface area contributed by atoms with Crippen LogP contribution >= 0.6 is 0 Å². The van der Waals surface area contributed by atoms with Crippen LogP contribution in [0.1, 0.15) is 26.4 Å². The molecule has 5 nitrogen and oxygen atoms in total. The first kappa shape index (κ1) is 17.5. The quantitative estimate of drug-likeness (QED) is 0.719. The fraction of sp³-hybridized carbons (Fsp3) is 0.143. The Kier molecular flexibility index (Phi) is 5.49. The summed E-state index contributed by atoms with van der Waals surface area (Å²) in [6.07, 6.45) is 2.56. The number of nitrogens with one attached hydrogen (secondary N) is 2. The molecule has 0 saturated carbocycles. The lowest BCUT2D eigenvalue weighted by molar-refractivity contribution is 0.0955. The highest BCUT2D eigenvalue weighted by Gasteiger charge is 2.15. The number of rotatable bonds is 6. The Bertz CT molecular complexity index is 900. The minimum Gasteiger partial charge on any atom is -0.352 e. The maximum Gasteiger partial charge on any atom is 0.272 e. The Morgan fingerprint density at radius 1 is 0.885 bits per heavy atom. The average Bonchev–Trinajstić information content (AvgIpc) is 3.09. The van der Waals surface area contributed by atoms with Crippen LogP contribution in [0.2, 0.25) is 0 Å². The van der Waals surface area contributed by atoms with E-state index in [1.54, 1.807) is 54.2 Å². The number of aromatic nitrogens is 1. The maximum absolute atomic E-state index is 12.5. The molecule has 5 heteroatoms. The SMILES string of the molecule is Cn1cccc1C(=O)Nc1ccccc1C(=O)NCCc1ccccc1.